The molecular formula is C10H14N4O11P2. The van der Waals surface area contributed by atoms with Crippen molar-refractivity contribution >= 4 is 40.1 Å². The van der Waals surface area contributed by atoms with Crippen molar-refractivity contribution in [2.75, 3.05) is 6.61 Å². The molecule has 3 aliphatic heterocycles. The molecule has 27 heavy (non-hydrogen) atoms. The Morgan fingerprint density at radius 3 is 2.59 bits per heavy atom. The summed E-state index contributed by atoms with van der Waals surface area (Å²) in [5, 5.41) is 20.2. The molecule has 6 atom stereocenters. The number of phosphoric ester groups is 1. The van der Waals surface area contributed by atoms with Crippen molar-refractivity contribution in [3.63, 3.8) is 0 Å². The molecule has 0 spiro atoms. The first-order valence-corrected chi connectivity index (χ1v) is 10.2. The van der Waals surface area contributed by atoms with Crippen molar-refractivity contribution in [3.8, 4) is 0 Å². The van der Waals surface area contributed by atoms with Gasteiger partial charge in [-0.25, -0.2) is 14.1 Å². The first-order chi connectivity index (χ1) is 12.5. The van der Waals surface area contributed by atoms with Crippen LogP contribution in [-0.4, -0.2) is 91.4 Å². The number of fused-ring (bicyclic) bond motifs is 1. The van der Waals surface area contributed by atoms with E-state index in [1.54, 1.807) is 0 Å². The molecule has 1 fully saturated rings. The molecule has 3 aliphatic rings. The fraction of sp³-hybridized carbons (Fsp3) is 0.600. The van der Waals surface area contributed by atoms with E-state index >= 15 is 0 Å². The predicted molar refractivity (Wildman–Crippen MR) is 84.6 cm³/mol. The molecule has 2 unspecified atom stereocenters. The molecule has 15 nitrogen and oxygen atoms in total. The van der Waals surface area contributed by atoms with E-state index in [1.807, 2.05) is 0 Å². The zero-order valence-corrected chi connectivity index (χ0v) is 14.9. The van der Waals surface area contributed by atoms with Crippen LogP contribution in [0.5, 0.6) is 0 Å². The fourth-order valence-corrected chi connectivity index (χ4v) is 4.15. The van der Waals surface area contributed by atoms with Crippen LogP contribution >= 0.6 is 15.6 Å². The fourth-order valence-electron chi connectivity index (χ4n) is 2.55. The molecule has 17 heteroatoms. The summed E-state index contributed by atoms with van der Waals surface area (Å²) in [6, 6.07) is -1.01. The minimum Gasteiger partial charge on any atom is -0.387 e. The SMILES string of the molecule is O=C1N=CN=C2C1N=CN2[C@@H]1O[C@H](COP(=O)(O)OP(=O)(O)O)[C@@H](O)[C@H]1O. The molecule has 0 bridgehead atoms. The third-order valence-electron chi connectivity index (χ3n) is 3.68. The summed E-state index contributed by atoms with van der Waals surface area (Å²) >= 11 is 0. The lowest BCUT2D eigenvalue weighted by molar-refractivity contribution is -0.117. The van der Waals surface area contributed by atoms with E-state index in [1.165, 1.54) is 4.90 Å². The standard InChI is InChI=1S/C10H14N4O11P2/c15-6-4(1-23-27(21,22)25-26(18,19)20)24-10(7(6)16)14-3-13-5-8(14)11-2-12-9(5)17/h2-7,10,15-16H,1H2,(H,21,22)(H2,18,19,20)/t4-,5?,6-,7-,10-/m1/s1. The summed E-state index contributed by atoms with van der Waals surface area (Å²) in [4.78, 5) is 50.4. The van der Waals surface area contributed by atoms with Crippen LogP contribution in [-0.2, 0) is 27.5 Å². The molecule has 0 aromatic carbocycles. The second-order valence-corrected chi connectivity index (χ2v) is 8.36. The average molecular weight is 428 g/mol. The molecule has 150 valence electrons. The maximum absolute atomic E-state index is 11.6. The van der Waals surface area contributed by atoms with Crippen LogP contribution in [0.25, 0.3) is 0 Å². The Morgan fingerprint density at radius 1 is 1.22 bits per heavy atom. The highest BCUT2D eigenvalue weighted by atomic mass is 31.3. The van der Waals surface area contributed by atoms with E-state index in [4.69, 9.17) is 14.5 Å². The minimum atomic E-state index is -5.30. The first-order valence-electron chi connectivity index (χ1n) is 7.20. The zero-order valence-electron chi connectivity index (χ0n) is 13.1. The lowest BCUT2D eigenvalue weighted by atomic mass is 10.1. The highest BCUT2D eigenvalue weighted by Crippen LogP contribution is 2.57. The van der Waals surface area contributed by atoms with Crippen LogP contribution in [0.2, 0.25) is 0 Å². The van der Waals surface area contributed by atoms with E-state index in [2.05, 4.69) is 23.8 Å². The largest absolute Gasteiger partial charge is 0.481 e. The second kappa shape index (κ2) is 7.22. The van der Waals surface area contributed by atoms with Crippen LogP contribution in [0.4, 0.5) is 0 Å². The number of aliphatic hydroxyl groups is 2. The maximum atomic E-state index is 11.6. The molecule has 3 heterocycles. The molecule has 1 saturated heterocycles. The van der Waals surface area contributed by atoms with Crippen molar-refractivity contribution in [3.05, 3.63) is 0 Å². The second-order valence-electron chi connectivity index (χ2n) is 5.53. The van der Waals surface area contributed by atoms with Gasteiger partial charge >= 0.3 is 15.6 Å². The molecule has 1 amide bonds. The third-order valence-corrected chi connectivity index (χ3v) is 5.83. The van der Waals surface area contributed by atoms with Gasteiger partial charge in [-0.2, -0.15) is 9.30 Å². The molecule has 0 aliphatic carbocycles. The number of amidine groups is 1. The van der Waals surface area contributed by atoms with Gasteiger partial charge in [-0.1, -0.05) is 0 Å². The summed E-state index contributed by atoms with van der Waals surface area (Å²) in [5.41, 5.74) is 0. The van der Waals surface area contributed by atoms with Crippen molar-refractivity contribution in [2.24, 2.45) is 15.0 Å². The van der Waals surface area contributed by atoms with Crippen molar-refractivity contribution in [1.82, 2.24) is 4.90 Å². The number of aliphatic imine (C=N–C) groups is 3. The maximum Gasteiger partial charge on any atom is 0.481 e. The van der Waals surface area contributed by atoms with Crippen molar-refractivity contribution in [2.45, 2.75) is 30.6 Å². The van der Waals surface area contributed by atoms with E-state index in [-0.39, 0.29) is 5.84 Å². The highest BCUT2D eigenvalue weighted by Gasteiger charge is 2.50. The molecule has 3 rings (SSSR count). The Hall–Kier alpha value is -1.38. The Labute approximate surface area is 150 Å². The van der Waals surface area contributed by atoms with Gasteiger partial charge in [-0.3, -0.25) is 19.2 Å². The van der Waals surface area contributed by atoms with Gasteiger partial charge in [0.05, 0.1) is 12.9 Å². The summed E-state index contributed by atoms with van der Waals surface area (Å²) in [7, 11) is -10.5. The van der Waals surface area contributed by atoms with Crippen molar-refractivity contribution in [1.29, 1.82) is 0 Å². The van der Waals surface area contributed by atoms with Gasteiger partial charge in [0, 0.05) is 0 Å². The van der Waals surface area contributed by atoms with E-state index in [9.17, 15) is 29.0 Å². The molecule has 0 aromatic rings. The summed E-state index contributed by atoms with van der Waals surface area (Å²) in [6.45, 7) is -0.843. The van der Waals surface area contributed by atoms with Gasteiger partial charge < -0.3 is 29.6 Å². The normalized spacial score (nSPS) is 35.3. The number of aliphatic hydroxyl groups excluding tert-OH is 2. The summed E-state index contributed by atoms with van der Waals surface area (Å²) in [6.07, 6.45) is -3.64. The van der Waals surface area contributed by atoms with Crippen LogP contribution in [0, 0.1) is 0 Å². The Balaban J connectivity index is 1.66. The van der Waals surface area contributed by atoms with E-state index < -0.39 is 58.7 Å². The van der Waals surface area contributed by atoms with E-state index in [0.29, 0.717) is 0 Å². The van der Waals surface area contributed by atoms with Gasteiger partial charge in [-0.15, -0.1) is 0 Å². The van der Waals surface area contributed by atoms with Crippen LogP contribution in [0.3, 0.4) is 0 Å². The average Bonchev–Trinajstić information content (AvgIpc) is 3.07. The van der Waals surface area contributed by atoms with Crippen LogP contribution < -0.4 is 0 Å². The quantitative estimate of drug-likeness (QED) is 0.274. The summed E-state index contributed by atoms with van der Waals surface area (Å²) in [5.74, 6) is -0.479. The number of ether oxygens (including phenoxy) is 1. The zero-order chi connectivity index (χ0) is 20.0. The number of hydrogen-bond donors (Lipinski definition) is 5. The molecule has 5 N–H and O–H groups in total. The molecule has 0 aromatic heterocycles. The number of amides is 1. The lowest BCUT2D eigenvalue weighted by Crippen LogP contribution is -2.48. The lowest BCUT2D eigenvalue weighted by Gasteiger charge is -2.26. The Morgan fingerprint density at radius 2 is 1.93 bits per heavy atom. The molecular weight excluding hydrogens is 414 g/mol. The topological polar surface area (TPSA) is 220 Å². The Bertz CT molecular complexity index is 809. The Kier molecular flexibility index (Phi) is 5.44. The minimum absolute atomic E-state index is 0.102. The van der Waals surface area contributed by atoms with Crippen molar-refractivity contribution < 1.29 is 52.4 Å². The number of carbonyl (C=O) groups is 1. The monoisotopic (exact) mass is 428 g/mol. The molecule has 0 radical (unpaired) electrons. The highest BCUT2D eigenvalue weighted by molar-refractivity contribution is 7.60. The van der Waals surface area contributed by atoms with E-state index in [0.717, 1.165) is 12.7 Å². The third kappa shape index (κ3) is 4.38. The van der Waals surface area contributed by atoms with Gasteiger partial charge in [0.25, 0.3) is 5.91 Å². The van der Waals surface area contributed by atoms with Crippen LogP contribution in [0.1, 0.15) is 0 Å². The van der Waals surface area contributed by atoms with Crippen LogP contribution in [0.15, 0.2) is 15.0 Å². The first kappa shape index (κ1) is 20.4. The van der Waals surface area contributed by atoms with Gasteiger partial charge in [0.15, 0.2) is 12.3 Å². The predicted octanol–water partition coefficient (Wildman–Crippen LogP) is -2.66. The summed E-state index contributed by atoms with van der Waals surface area (Å²) < 4.78 is 35.4. The number of hydrogen-bond acceptors (Lipinski definition) is 11. The molecule has 0 saturated carbocycles. The number of rotatable bonds is 6. The number of phosphoric acid groups is 2. The smallest absolute Gasteiger partial charge is 0.387 e. The number of nitrogens with zero attached hydrogens (tertiary/aromatic N) is 4. The van der Waals surface area contributed by atoms with Gasteiger partial charge in [0.1, 0.15) is 30.5 Å². The van der Waals surface area contributed by atoms with Gasteiger partial charge in [-0.05, 0) is 0 Å². The van der Waals surface area contributed by atoms with Gasteiger partial charge in [0.2, 0.25) is 0 Å². The number of carbonyl (C=O) groups excluding carboxylic acids is 1.